The Kier molecular flexibility index (Phi) is 9.60. The van der Waals surface area contributed by atoms with E-state index in [2.05, 4.69) is 20.9 Å². The molecule has 0 saturated carbocycles. The zero-order chi connectivity index (χ0) is 30.8. The summed E-state index contributed by atoms with van der Waals surface area (Å²) in [7, 11) is 0. The molecule has 3 aliphatic heterocycles. The highest BCUT2D eigenvalue weighted by molar-refractivity contribution is 6.01. The largest absolute Gasteiger partial charge is 0.369 e. The number of benzene rings is 1. The van der Waals surface area contributed by atoms with E-state index >= 15 is 0 Å². The summed E-state index contributed by atoms with van der Waals surface area (Å²) >= 11 is 0. The molecule has 0 bridgehead atoms. The van der Waals surface area contributed by atoms with Gasteiger partial charge in [-0.1, -0.05) is 34.6 Å². The van der Waals surface area contributed by atoms with Crippen molar-refractivity contribution in [2.24, 2.45) is 11.3 Å². The van der Waals surface area contributed by atoms with Crippen molar-refractivity contribution in [2.75, 3.05) is 44.2 Å². The molecule has 4 amide bonds. The maximum atomic E-state index is 13.9. The lowest BCUT2D eigenvalue weighted by Crippen LogP contribution is -2.56. The van der Waals surface area contributed by atoms with Crippen molar-refractivity contribution in [2.45, 2.75) is 78.6 Å². The third-order valence-corrected chi connectivity index (χ3v) is 8.37. The van der Waals surface area contributed by atoms with Crippen LogP contribution in [0.1, 0.15) is 64.7 Å². The molecule has 11 heteroatoms. The molecular formula is C31H46N6O5. The van der Waals surface area contributed by atoms with Gasteiger partial charge >= 0.3 is 0 Å². The lowest BCUT2D eigenvalue weighted by molar-refractivity contribution is -0.140. The second-order valence-electron chi connectivity index (χ2n) is 13.2. The molecule has 4 unspecified atom stereocenters. The number of nitrogens with one attached hydrogen (secondary N) is 3. The number of fused-ring (bicyclic) bond motifs is 1. The van der Waals surface area contributed by atoms with E-state index in [-0.39, 0.29) is 41.9 Å². The topological polar surface area (TPSA) is 131 Å². The standard InChI is InChI=1S/C31H46N6O5/c1-19(2)17-23(34-28(40)21-7-9-22(10-8-21)35-15-12-32-13-16-35)29(41)36-14-11-24-26(36)25(39)18-37(24)30(42)27(31(4,5)6)33-20(3)38/h7-10,19,23-24,26-27,32H,11-18H2,1-6H3,(H,33,38)(H,34,40). The first-order chi connectivity index (χ1) is 19.8. The minimum atomic E-state index is -0.802. The number of nitrogens with zero attached hydrogens (tertiary/aromatic N) is 3. The number of Topliss-reactive ketones (excluding diaryl/α,β-unsaturated/α-hetero) is 1. The number of ketones is 1. The lowest BCUT2D eigenvalue weighted by atomic mass is 9.85. The second-order valence-corrected chi connectivity index (χ2v) is 13.2. The summed E-state index contributed by atoms with van der Waals surface area (Å²) in [4.78, 5) is 71.2. The molecule has 4 atom stereocenters. The number of piperazine rings is 1. The number of carbonyl (C=O) groups excluding carboxylic acids is 5. The number of amides is 4. The Labute approximate surface area is 248 Å². The molecule has 0 aromatic heterocycles. The summed E-state index contributed by atoms with van der Waals surface area (Å²) in [5.41, 5.74) is 0.958. The quantitative estimate of drug-likeness (QED) is 0.420. The minimum Gasteiger partial charge on any atom is -0.369 e. The smallest absolute Gasteiger partial charge is 0.251 e. The van der Waals surface area contributed by atoms with Crippen LogP contribution in [0, 0.1) is 11.3 Å². The van der Waals surface area contributed by atoms with Crippen LogP contribution in [0.4, 0.5) is 5.69 Å². The number of carbonyl (C=O) groups is 5. The lowest BCUT2D eigenvalue weighted by Gasteiger charge is -2.35. The van der Waals surface area contributed by atoms with Gasteiger partial charge in [-0.15, -0.1) is 0 Å². The van der Waals surface area contributed by atoms with Crippen molar-refractivity contribution in [1.82, 2.24) is 25.8 Å². The summed E-state index contributed by atoms with van der Waals surface area (Å²) in [6.07, 6.45) is 0.878. The third kappa shape index (κ3) is 6.94. The number of rotatable bonds is 8. The Hall–Kier alpha value is -3.47. The Bertz CT molecular complexity index is 1190. The second kappa shape index (κ2) is 12.8. The normalized spacial score (nSPS) is 22.2. The van der Waals surface area contributed by atoms with Gasteiger partial charge in [0.25, 0.3) is 5.91 Å². The predicted molar refractivity (Wildman–Crippen MR) is 160 cm³/mol. The molecule has 11 nitrogen and oxygen atoms in total. The van der Waals surface area contributed by atoms with Gasteiger partial charge in [0.1, 0.15) is 18.1 Å². The number of hydrogen-bond donors (Lipinski definition) is 3. The predicted octanol–water partition coefficient (Wildman–Crippen LogP) is 1.17. The molecule has 0 spiro atoms. The van der Waals surface area contributed by atoms with Gasteiger partial charge in [0, 0.05) is 50.9 Å². The fraction of sp³-hybridized carbons (Fsp3) is 0.645. The highest BCUT2D eigenvalue weighted by atomic mass is 16.2. The monoisotopic (exact) mass is 582 g/mol. The van der Waals surface area contributed by atoms with Crippen molar-refractivity contribution < 1.29 is 24.0 Å². The number of anilines is 1. The molecular weight excluding hydrogens is 536 g/mol. The first kappa shape index (κ1) is 31.5. The van der Waals surface area contributed by atoms with E-state index in [0.717, 1.165) is 31.9 Å². The zero-order valence-electron chi connectivity index (χ0n) is 25.7. The fourth-order valence-electron chi connectivity index (χ4n) is 6.26. The fourth-order valence-corrected chi connectivity index (χ4v) is 6.26. The van der Waals surface area contributed by atoms with Crippen LogP contribution in [0.25, 0.3) is 0 Å². The number of hydrogen-bond acceptors (Lipinski definition) is 7. The molecule has 3 fully saturated rings. The van der Waals surface area contributed by atoms with E-state index < -0.39 is 29.6 Å². The maximum absolute atomic E-state index is 13.9. The summed E-state index contributed by atoms with van der Waals surface area (Å²) in [5.74, 6) is -1.36. The molecule has 3 saturated heterocycles. The van der Waals surface area contributed by atoms with Crippen molar-refractivity contribution in [3.63, 3.8) is 0 Å². The summed E-state index contributed by atoms with van der Waals surface area (Å²) in [6.45, 7) is 14.8. The van der Waals surface area contributed by atoms with Gasteiger partial charge in [0.15, 0.2) is 5.78 Å². The Morgan fingerprint density at radius 3 is 2.17 bits per heavy atom. The van der Waals surface area contributed by atoms with Crippen molar-refractivity contribution in [3.8, 4) is 0 Å². The van der Waals surface area contributed by atoms with Crippen LogP contribution in [0.3, 0.4) is 0 Å². The summed E-state index contributed by atoms with van der Waals surface area (Å²) in [5, 5.41) is 9.01. The Morgan fingerprint density at radius 2 is 1.60 bits per heavy atom. The molecule has 0 radical (unpaired) electrons. The average molecular weight is 583 g/mol. The van der Waals surface area contributed by atoms with Gasteiger partial charge in [-0.25, -0.2) is 0 Å². The summed E-state index contributed by atoms with van der Waals surface area (Å²) in [6, 6.07) is 4.60. The van der Waals surface area contributed by atoms with Crippen molar-refractivity contribution in [1.29, 1.82) is 0 Å². The Morgan fingerprint density at radius 1 is 0.952 bits per heavy atom. The SMILES string of the molecule is CC(=O)NC(C(=O)N1CC(=O)C2C1CCN2C(=O)C(CC(C)C)NC(=O)c1ccc(N2CCNCC2)cc1)C(C)(C)C. The zero-order valence-corrected chi connectivity index (χ0v) is 25.7. The number of likely N-dealkylation sites (tertiary alicyclic amines) is 2. The highest BCUT2D eigenvalue weighted by Gasteiger charge is 2.53. The van der Waals surface area contributed by atoms with Gasteiger partial charge in [-0.2, -0.15) is 0 Å². The van der Waals surface area contributed by atoms with E-state index in [0.29, 0.717) is 24.9 Å². The van der Waals surface area contributed by atoms with Gasteiger partial charge < -0.3 is 30.7 Å². The van der Waals surface area contributed by atoms with Gasteiger partial charge in [-0.3, -0.25) is 24.0 Å². The Balaban J connectivity index is 1.47. The van der Waals surface area contributed by atoms with E-state index in [1.165, 1.54) is 11.8 Å². The van der Waals surface area contributed by atoms with Crippen LogP contribution in [-0.2, 0) is 19.2 Å². The molecule has 3 N–H and O–H groups in total. The van der Waals surface area contributed by atoms with Gasteiger partial charge in [-0.05, 0) is 48.4 Å². The van der Waals surface area contributed by atoms with Crippen LogP contribution in [0.15, 0.2) is 24.3 Å². The van der Waals surface area contributed by atoms with Crippen LogP contribution in [0.5, 0.6) is 0 Å². The van der Waals surface area contributed by atoms with Crippen LogP contribution in [-0.4, -0.2) is 103 Å². The van der Waals surface area contributed by atoms with Crippen LogP contribution >= 0.6 is 0 Å². The first-order valence-electron chi connectivity index (χ1n) is 15.0. The van der Waals surface area contributed by atoms with Crippen LogP contribution < -0.4 is 20.9 Å². The minimum absolute atomic E-state index is 0.106. The molecule has 3 heterocycles. The average Bonchev–Trinajstić information content (AvgIpc) is 3.51. The van der Waals surface area contributed by atoms with E-state index in [1.807, 2.05) is 46.8 Å². The molecule has 4 rings (SSSR count). The highest BCUT2D eigenvalue weighted by Crippen LogP contribution is 2.33. The molecule has 230 valence electrons. The van der Waals surface area contributed by atoms with Gasteiger partial charge in [0.2, 0.25) is 17.7 Å². The summed E-state index contributed by atoms with van der Waals surface area (Å²) < 4.78 is 0. The third-order valence-electron chi connectivity index (χ3n) is 8.37. The molecule has 42 heavy (non-hydrogen) atoms. The molecule has 1 aromatic carbocycles. The first-order valence-corrected chi connectivity index (χ1v) is 15.0. The molecule has 3 aliphatic rings. The van der Waals surface area contributed by atoms with E-state index in [4.69, 9.17) is 0 Å². The molecule has 0 aliphatic carbocycles. The van der Waals surface area contributed by atoms with Crippen molar-refractivity contribution >= 4 is 35.1 Å². The van der Waals surface area contributed by atoms with E-state index in [1.54, 1.807) is 17.0 Å². The van der Waals surface area contributed by atoms with E-state index in [9.17, 15) is 24.0 Å². The van der Waals surface area contributed by atoms with Crippen LogP contribution in [0.2, 0.25) is 0 Å². The maximum Gasteiger partial charge on any atom is 0.251 e. The van der Waals surface area contributed by atoms with Gasteiger partial charge in [0.05, 0.1) is 12.6 Å². The van der Waals surface area contributed by atoms with Crippen molar-refractivity contribution in [3.05, 3.63) is 29.8 Å². The molecule has 1 aromatic rings.